The molecule has 0 unspecified atom stereocenters. The van der Waals surface area contributed by atoms with Gasteiger partial charge in [0.25, 0.3) is 0 Å². The Morgan fingerprint density at radius 2 is 1.88 bits per heavy atom. The molecule has 0 aliphatic carbocycles. The molecule has 0 fully saturated rings. The van der Waals surface area contributed by atoms with Gasteiger partial charge < -0.3 is 4.74 Å². The first-order chi connectivity index (χ1) is 7.89. The summed E-state index contributed by atoms with van der Waals surface area (Å²) in [5, 5.41) is 0. The average Bonchev–Trinajstić information content (AvgIpc) is 2.26. The van der Waals surface area contributed by atoms with Gasteiger partial charge in [-0.2, -0.15) is 0 Å². The molecule has 0 spiro atoms. The molecule has 0 aromatic heterocycles. The van der Waals surface area contributed by atoms with Crippen molar-refractivity contribution in [1.29, 1.82) is 0 Å². The fourth-order valence-corrected chi connectivity index (χ4v) is 1.11. The lowest BCUT2D eigenvalue weighted by atomic mass is 9.97. The Morgan fingerprint density at radius 1 is 1.29 bits per heavy atom. The zero-order valence-corrected chi connectivity index (χ0v) is 10.5. The Morgan fingerprint density at radius 3 is 2.41 bits per heavy atom. The van der Waals surface area contributed by atoms with Crippen LogP contribution < -0.4 is 5.73 Å². The fraction of sp³-hybridized carbons (Fsp3) is 0.357. The van der Waals surface area contributed by atoms with Crippen LogP contribution in [-0.4, -0.2) is 12.2 Å². The summed E-state index contributed by atoms with van der Waals surface area (Å²) >= 11 is 0. The van der Waals surface area contributed by atoms with Gasteiger partial charge in [-0.15, -0.1) is 0 Å². The number of carbonyl (C=O) groups is 1. The number of ether oxygens (including phenoxy) is 1. The molecule has 0 bridgehead atoms. The molecule has 3 heteroatoms. The molecule has 2 N–H and O–H groups in total. The zero-order chi connectivity index (χ0) is 12.9. The van der Waals surface area contributed by atoms with Gasteiger partial charge >= 0.3 is 5.97 Å². The number of carbonyl (C=O) groups excluding carboxylic acids is 1. The topological polar surface area (TPSA) is 52.3 Å². The highest BCUT2D eigenvalue weighted by Crippen LogP contribution is 2.15. The molecular weight excluding hydrogens is 214 g/mol. The minimum absolute atomic E-state index is 0.303. The van der Waals surface area contributed by atoms with Gasteiger partial charge in [0, 0.05) is 0 Å². The molecule has 0 aliphatic heterocycles. The monoisotopic (exact) mass is 233 g/mol. The summed E-state index contributed by atoms with van der Waals surface area (Å²) in [6, 6.07) is 9.72. The number of rotatable bonds is 3. The lowest BCUT2D eigenvalue weighted by Gasteiger charge is -2.18. The Balaban J connectivity index is 2.53. The molecule has 0 radical (unpaired) electrons. The van der Waals surface area contributed by atoms with Crippen LogP contribution in [0.2, 0.25) is 0 Å². The first-order valence-electron chi connectivity index (χ1n) is 5.59. The minimum atomic E-state index is -0.707. The molecule has 0 aliphatic rings. The normalized spacial score (nSPS) is 13.6. The van der Waals surface area contributed by atoms with Gasteiger partial charge in [-0.3, -0.25) is 10.5 Å². The predicted octanol–water partition coefficient (Wildman–Crippen LogP) is 2.57. The summed E-state index contributed by atoms with van der Waals surface area (Å²) in [4.78, 5) is 11.6. The molecule has 1 atom stereocenters. The van der Waals surface area contributed by atoms with Crippen molar-refractivity contribution in [3.05, 3.63) is 42.0 Å². The van der Waals surface area contributed by atoms with E-state index in [1.807, 2.05) is 36.4 Å². The smallest absolute Gasteiger partial charge is 0.313 e. The van der Waals surface area contributed by atoms with Gasteiger partial charge in [0.2, 0.25) is 0 Å². The van der Waals surface area contributed by atoms with E-state index in [0.29, 0.717) is 0 Å². The lowest BCUT2D eigenvalue weighted by molar-refractivity contribution is -0.156. The largest absolute Gasteiger partial charge is 0.443 e. The van der Waals surface area contributed by atoms with Crippen LogP contribution in [0.1, 0.15) is 26.3 Å². The van der Waals surface area contributed by atoms with Gasteiger partial charge in [0.1, 0.15) is 0 Å². The fourth-order valence-electron chi connectivity index (χ4n) is 1.11. The van der Waals surface area contributed by atoms with Crippen molar-refractivity contribution >= 4 is 12.0 Å². The van der Waals surface area contributed by atoms with E-state index < -0.39 is 11.6 Å². The van der Waals surface area contributed by atoms with Crippen LogP contribution in [0.5, 0.6) is 0 Å². The molecule has 0 saturated heterocycles. The molecule has 1 aromatic rings. The summed E-state index contributed by atoms with van der Waals surface area (Å²) in [7, 11) is 0. The maximum absolute atomic E-state index is 11.6. The zero-order valence-electron chi connectivity index (χ0n) is 10.5. The summed E-state index contributed by atoms with van der Waals surface area (Å²) in [5.41, 5.74) is 6.18. The van der Waals surface area contributed by atoms with Gasteiger partial charge in [0.15, 0.2) is 6.23 Å². The average molecular weight is 233 g/mol. The molecule has 0 heterocycles. The van der Waals surface area contributed by atoms with Crippen molar-refractivity contribution < 1.29 is 9.53 Å². The molecule has 17 heavy (non-hydrogen) atoms. The number of hydrogen-bond acceptors (Lipinski definition) is 3. The highest BCUT2D eigenvalue weighted by atomic mass is 16.6. The molecule has 92 valence electrons. The highest BCUT2D eigenvalue weighted by Gasteiger charge is 2.24. The van der Waals surface area contributed by atoms with Crippen molar-refractivity contribution in [3.8, 4) is 0 Å². The molecule has 1 aromatic carbocycles. The van der Waals surface area contributed by atoms with Gasteiger partial charge in [-0.25, -0.2) is 0 Å². The van der Waals surface area contributed by atoms with Crippen LogP contribution in [-0.2, 0) is 9.53 Å². The summed E-state index contributed by atoms with van der Waals surface area (Å²) in [5.74, 6) is -0.303. The van der Waals surface area contributed by atoms with Crippen LogP contribution >= 0.6 is 0 Å². The van der Waals surface area contributed by atoms with Crippen LogP contribution in [0.4, 0.5) is 0 Å². The molecular formula is C14H19NO2. The lowest BCUT2D eigenvalue weighted by Crippen LogP contribution is -2.31. The van der Waals surface area contributed by atoms with Crippen LogP contribution in [0, 0.1) is 5.41 Å². The van der Waals surface area contributed by atoms with Crippen molar-refractivity contribution in [3.63, 3.8) is 0 Å². The predicted molar refractivity (Wildman–Crippen MR) is 69.0 cm³/mol. The van der Waals surface area contributed by atoms with Crippen molar-refractivity contribution in [2.45, 2.75) is 27.0 Å². The SMILES string of the molecule is CC(C)(C)C(=O)O[C@@H](N)/C=C/c1ccccc1. The van der Waals surface area contributed by atoms with Crippen molar-refractivity contribution in [2.75, 3.05) is 0 Å². The van der Waals surface area contributed by atoms with Crippen LogP contribution in [0.15, 0.2) is 36.4 Å². The Labute approximate surface area is 102 Å². The second-order valence-corrected chi connectivity index (χ2v) is 4.89. The van der Waals surface area contributed by atoms with E-state index in [1.54, 1.807) is 26.8 Å². The molecule has 1 rings (SSSR count). The summed E-state index contributed by atoms with van der Waals surface area (Å²) in [6.07, 6.45) is 2.79. The van der Waals surface area contributed by atoms with E-state index in [0.717, 1.165) is 5.56 Å². The number of hydrogen-bond donors (Lipinski definition) is 1. The van der Waals surface area contributed by atoms with Crippen molar-refractivity contribution in [1.82, 2.24) is 0 Å². The van der Waals surface area contributed by atoms with E-state index in [9.17, 15) is 4.79 Å². The number of benzene rings is 1. The third kappa shape index (κ3) is 4.83. The minimum Gasteiger partial charge on any atom is -0.443 e. The van der Waals surface area contributed by atoms with E-state index in [4.69, 9.17) is 10.5 Å². The highest BCUT2D eigenvalue weighted by molar-refractivity contribution is 5.75. The van der Waals surface area contributed by atoms with Gasteiger partial charge in [0.05, 0.1) is 5.41 Å². The first kappa shape index (κ1) is 13.5. The van der Waals surface area contributed by atoms with Crippen LogP contribution in [0.3, 0.4) is 0 Å². The Kier molecular flexibility index (Phi) is 4.46. The van der Waals surface area contributed by atoms with Gasteiger partial charge in [-0.1, -0.05) is 36.4 Å². The van der Waals surface area contributed by atoms with Crippen molar-refractivity contribution in [2.24, 2.45) is 11.1 Å². The summed E-state index contributed by atoms with van der Waals surface area (Å²) in [6.45, 7) is 5.38. The Bertz CT molecular complexity index is 390. The van der Waals surface area contributed by atoms with E-state index in [1.165, 1.54) is 0 Å². The summed E-state index contributed by atoms with van der Waals surface area (Å²) < 4.78 is 5.09. The third-order valence-electron chi connectivity index (χ3n) is 2.13. The molecule has 0 amide bonds. The van der Waals surface area contributed by atoms with Gasteiger partial charge in [-0.05, 0) is 32.4 Å². The quantitative estimate of drug-likeness (QED) is 0.645. The molecule has 0 saturated carbocycles. The number of esters is 1. The number of nitrogens with two attached hydrogens (primary N) is 1. The van der Waals surface area contributed by atoms with E-state index in [2.05, 4.69) is 0 Å². The second-order valence-electron chi connectivity index (χ2n) is 4.89. The molecule has 3 nitrogen and oxygen atoms in total. The second kappa shape index (κ2) is 5.64. The maximum atomic E-state index is 11.6. The maximum Gasteiger partial charge on any atom is 0.313 e. The first-order valence-corrected chi connectivity index (χ1v) is 5.59. The van der Waals surface area contributed by atoms with E-state index >= 15 is 0 Å². The van der Waals surface area contributed by atoms with Crippen LogP contribution in [0.25, 0.3) is 6.08 Å². The standard InChI is InChI=1S/C14H19NO2/c1-14(2,3)13(16)17-12(15)10-9-11-7-5-4-6-8-11/h4-10,12H,15H2,1-3H3/b10-9+/t12-/m1/s1. The van der Waals surface area contributed by atoms with E-state index in [-0.39, 0.29) is 5.97 Å². The third-order valence-corrected chi connectivity index (χ3v) is 2.13. The Hall–Kier alpha value is -1.61.